The Labute approximate surface area is 140 Å². The van der Waals surface area contributed by atoms with Crippen LogP contribution in [-0.4, -0.2) is 34.0 Å². The van der Waals surface area contributed by atoms with Crippen LogP contribution in [0.2, 0.25) is 5.02 Å². The molecule has 1 aromatic carbocycles. The van der Waals surface area contributed by atoms with Crippen molar-refractivity contribution in [3.63, 3.8) is 0 Å². The summed E-state index contributed by atoms with van der Waals surface area (Å²) in [6, 6.07) is 6.79. The van der Waals surface area contributed by atoms with Gasteiger partial charge in [-0.1, -0.05) is 17.7 Å². The molecule has 1 fully saturated rings. The van der Waals surface area contributed by atoms with E-state index >= 15 is 0 Å². The van der Waals surface area contributed by atoms with Gasteiger partial charge in [0.1, 0.15) is 5.82 Å². The van der Waals surface area contributed by atoms with Gasteiger partial charge in [-0.3, -0.25) is 4.90 Å². The van der Waals surface area contributed by atoms with Crippen LogP contribution in [0.3, 0.4) is 0 Å². The minimum Gasteiger partial charge on any atom is -0.350 e. The second kappa shape index (κ2) is 7.23. The molecule has 23 heavy (non-hydrogen) atoms. The molecular weight excluding hydrogens is 315 g/mol. The van der Waals surface area contributed by atoms with E-state index < -0.39 is 0 Å². The Kier molecular flexibility index (Phi) is 5.08. The number of rotatable bonds is 4. The summed E-state index contributed by atoms with van der Waals surface area (Å²) in [6.07, 6.45) is 3.96. The summed E-state index contributed by atoms with van der Waals surface area (Å²) >= 11 is 6.13. The number of nitrogens with one attached hydrogen (secondary N) is 1. The highest BCUT2D eigenvalue weighted by atomic mass is 35.5. The molecule has 2 aromatic rings. The molecule has 122 valence electrons. The summed E-state index contributed by atoms with van der Waals surface area (Å²) in [5, 5.41) is 3.89. The molecule has 1 atom stereocenters. The highest BCUT2D eigenvalue weighted by molar-refractivity contribution is 6.31. The van der Waals surface area contributed by atoms with Crippen LogP contribution in [0, 0.1) is 12.7 Å². The molecule has 0 radical (unpaired) electrons. The van der Waals surface area contributed by atoms with Crippen molar-refractivity contribution in [1.82, 2.24) is 14.9 Å². The molecule has 0 saturated carbocycles. The number of likely N-dealkylation sites (tertiary alicyclic amines) is 1. The number of benzene rings is 1. The number of halogens is 2. The zero-order valence-electron chi connectivity index (χ0n) is 13.1. The van der Waals surface area contributed by atoms with E-state index in [0.29, 0.717) is 17.0 Å². The van der Waals surface area contributed by atoms with Crippen LogP contribution >= 0.6 is 11.6 Å². The summed E-state index contributed by atoms with van der Waals surface area (Å²) in [7, 11) is 0. The summed E-state index contributed by atoms with van der Waals surface area (Å²) in [4.78, 5) is 11.0. The van der Waals surface area contributed by atoms with Crippen LogP contribution < -0.4 is 5.32 Å². The van der Waals surface area contributed by atoms with E-state index in [2.05, 4.69) is 20.2 Å². The maximum atomic E-state index is 13.1. The van der Waals surface area contributed by atoms with E-state index in [1.165, 1.54) is 12.1 Å². The molecule has 1 aliphatic heterocycles. The van der Waals surface area contributed by atoms with Crippen molar-refractivity contribution >= 4 is 17.5 Å². The standard InChI is InChI=1S/C17H20ClFN4/c1-12-6-7-20-17(21-12)22-15-3-2-8-23(11-15)10-13-4-5-14(19)9-16(13)18/h4-7,9,15H,2-3,8,10-11H2,1H3,(H,20,21,22). The van der Waals surface area contributed by atoms with Crippen LogP contribution in [0.5, 0.6) is 0 Å². The van der Waals surface area contributed by atoms with Crippen molar-refractivity contribution in [2.24, 2.45) is 0 Å². The highest BCUT2D eigenvalue weighted by Gasteiger charge is 2.21. The van der Waals surface area contributed by atoms with Gasteiger partial charge in [-0.2, -0.15) is 0 Å². The number of hydrogen-bond donors (Lipinski definition) is 1. The predicted octanol–water partition coefficient (Wildman–Crippen LogP) is 3.65. The fourth-order valence-electron chi connectivity index (χ4n) is 2.91. The number of piperidine rings is 1. The Bertz CT molecular complexity index is 679. The maximum Gasteiger partial charge on any atom is 0.223 e. The van der Waals surface area contributed by atoms with E-state index in [1.54, 1.807) is 12.3 Å². The van der Waals surface area contributed by atoms with Gasteiger partial charge in [-0.25, -0.2) is 14.4 Å². The number of anilines is 1. The first-order valence-electron chi connectivity index (χ1n) is 7.82. The van der Waals surface area contributed by atoms with E-state index in [1.807, 2.05) is 13.0 Å². The molecule has 1 aliphatic rings. The zero-order valence-corrected chi connectivity index (χ0v) is 13.9. The zero-order chi connectivity index (χ0) is 16.2. The number of nitrogens with zero attached hydrogens (tertiary/aromatic N) is 3. The molecule has 1 saturated heterocycles. The van der Waals surface area contributed by atoms with E-state index in [-0.39, 0.29) is 5.82 Å². The second-order valence-electron chi connectivity index (χ2n) is 5.98. The fraction of sp³-hybridized carbons (Fsp3) is 0.412. The lowest BCUT2D eigenvalue weighted by atomic mass is 10.0. The molecule has 0 bridgehead atoms. The molecule has 1 aromatic heterocycles. The summed E-state index contributed by atoms with van der Waals surface area (Å²) in [5.74, 6) is 0.380. The maximum absolute atomic E-state index is 13.1. The van der Waals surface area contributed by atoms with Crippen molar-refractivity contribution < 1.29 is 4.39 Å². The Morgan fingerprint density at radius 1 is 1.39 bits per heavy atom. The van der Waals surface area contributed by atoms with Gasteiger partial charge in [-0.15, -0.1) is 0 Å². The first-order chi connectivity index (χ1) is 11.1. The number of aryl methyl sites for hydroxylation is 1. The number of aromatic nitrogens is 2. The van der Waals surface area contributed by atoms with Gasteiger partial charge in [-0.05, 0) is 50.1 Å². The topological polar surface area (TPSA) is 41.1 Å². The molecule has 1 unspecified atom stereocenters. The minimum absolute atomic E-state index is 0.298. The quantitative estimate of drug-likeness (QED) is 0.926. The fourth-order valence-corrected chi connectivity index (χ4v) is 3.14. The molecule has 0 spiro atoms. The molecule has 0 amide bonds. The Balaban J connectivity index is 1.61. The van der Waals surface area contributed by atoms with Gasteiger partial charge < -0.3 is 5.32 Å². The van der Waals surface area contributed by atoms with Crippen molar-refractivity contribution in [2.45, 2.75) is 32.4 Å². The lowest BCUT2D eigenvalue weighted by Gasteiger charge is -2.33. The average Bonchev–Trinajstić information content (AvgIpc) is 2.51. The third-order valence-corrected chi connectivity index (χ3v) is 4.39. The molecular formula is C17H20ClFN4. The Hall–Kier alpha value is -1.72. The largest absolute Gasteiger partial charge is 0.350 e. The van der Waals surface area contributed by atoms with Gasteiger partial charge in [0.05, 0.1) is 0 Å². The summed E-state index contributed by atoms with van der Waals surface area (Å²) in [5.41, 5.74) is 1.91. The van der Waals surface area contributed by atoms with Gasteiger partial charge in [0.2, 0.25) is 5.95 Å². The van der Waals surface area contributed by atoms with Crippen molar-refractivity contribution in [3.8, 4) is 0 Å². The summed E-state index contributed by atoms with van der Waals surface area (Å²) < 4.78 is 13.1. The van der Waals surface area contributed by atoms with E-state index in [0.717, 1.165) is 43.7 Å². The van der Waals surface area contributed by atoms with Crippen LogP contribution in [0.1, 0.15) is 24.1 Å². The van der Waals surface area contributed by atoms with Crippen LogP contribution in [0.4, 0.5) is 10.3 Å². The average molecular weight is 335 g/mol. The van der Waals surface area contributed by atoms with Crippen LogP contribution in [0.15, 0.2) is 30.5 Å². The van der Waals surface area contributed by atoms with Gasteiger partial charge in [0.15, 0.2) is 0 Å². The third-order valence-electron chi connectivity index (χ3n) is 4.04. The molecule has 0 aliphatic carbocycles. The van der Waals surface area contributed by atoms with Crippen LogP contribution in [0.25, 0.3) is 0 Å². The van der Waals surface area contributed by atoms with Crippen molar-refractivity contribution in [2.75, 3.05) is 18.4 Å². The molecule has 2 heterocycles. The number of hydrogen-bond acceptors (Lipinski definition) is 4. The third kappa shape index (κ3) is 4.39. The molecule has 1 N–H and O–H groups in total. The van der Waals surface area contributed by atoms with Gasteiger partial charge in [0, 0.05) is 36.0 Å². The highest BCUT2D eigenvalue weighted by Crippen LogP contribution is 2.22. The van der Waals surface area contributed by atoms with Gasteiger partial charge in [0.25, 0.3) is 0 Å². The van der Waals surface area contributed by atoms with Crippen molar-refractivity contribution in [1.29, 1.82) is 0 Å². The minimum atomic E-state index is -0.298. The first kappa shape index (κ1) is 16.1. The SMILES string of the molecule is Cc1ccnc(NC2CCCN(Cc3ccc(F)cc3Cl)C2)n1. The van der Waals surface area contributed by atoms with Gasteiger partial charge >= 0.3 is 0 Å². The van der Waals surface area contributed by atoms with E-state index in [9.17, 15) is 4.39 Å². The normalized spacial score (nSPS) is 18.8. The second-order valence-corrected chi connectivity index (χ2v) is 6.38. The summed E-state index contributed by atoms with van der Waals surface area (Å²) in [6.45, 7) is 4.59. The Morgan fingerprint density at radius 2 is 2.26 bits per heavy atom. The molecule has 6 heteroatoms. The lowest BCUT2D eigenvalue weighted by Crippen LogP contribution is -2.42. The Morgan fingerprint density at radius 3 is 3.04 bits per heavy atom. The van der Waals surface area contributed by atoms with E-state index in [4.69, 9.17) is 11.6 Å². The van der Waals surface area contributed by atoms with Crippen LogP contribution in [-0.2, 0) is 6.54 Å². The molecule has 4 nitrogen and oxygen atoms in total. The lowest BCUT2D eigenvalue weighted by molar-refractivity contribution is 0.208. The monoisotopic (exact) mass is 334 g/mol. The van der Waals surface area contributed by atoms with Crippen molar-refractivity contribution in [3.05, 3.63) is 52.6 Å². The smallest absolute Gasteiger partial charge is 0.223 e. The predicted molar refractivity (Wildman–Crippen MR) is 90.1 cm³/mol. The first-order valence-corrected chi connectivity index (χ1v) is 8.20. The molecule has 3 rings (SSSR count).